The van der Waals surface area contributed by atoms with Gasteiger partial charge in [0.25, 0.3) is 11.5 Å². The molecular formula is C24H31N5O4. The number of aromatic nitrogens is 2. The van der Waals surface area contributed by atoms with E-state index < -0.39 is 5.92 Å². The number of hydrogen-bond acceptors (Lipinski definition) is 7. The Bertz CT molecular complexity index is 1100. The smallest absolute Gasteiger partial charge is 0.265 e. The SMILES string of the molecule is CCOCCCC1C(=N)C(C(=O)NCCN2CCOCC2)=Cc2c1nc1ccccn1c2=O. The minimum absolute atomic E-state index is 0.204. The van der Waals surface area contributed by atoms with Crippen molar-refractivity contribution in [3.63, 3.8) is 0 Å². The summed E-state index contributed by atoms with van der Waals surface area (Å²) in [6.07, 6.45) is 4.50. The summed E-state index contributed by atoms with van der Waals surface area (Å²) < 4.78 is 12.3. The lowest BCUT2D eigenvalue weighted by atomic mass is 9.82. The fourth-order valence-corrected chi connectivity index (χ4v) is 4.32. The molecule has 176 valence electrons. The number of rotatable bonds is 9. The first kappa shape index (κ1) is 23.3. The van der Waals surface area contributed by atoms with E-state index in [0.717, 1.165) is 19.6 Å². The Hall–Kier alpha value is -2.88. The first-order valence-electron chi connectivity index (χ1n) is 11.6. The van der Waals surface area contributed by atoms with Crippen LogP contribution in [-0.2, 0) is 14.3 Å². The molecule has 3 heterocycles. The van der Waals surface area contributed by atoms with Crippen LogP contribution in [0.2, 0.25) is 0 Å². The molecule has 0 spiro atoms. The maximum atomic E-state index is 13.2. The normalized spacial score (nSPS) is 18.8. The Morgan fingerprint density at radius 1 is 1.33 bits per heavy atom. The summed E-state index contributed by atoms with van der Waals surface area (Å²) in [6.45, 7) is 7.42. The van der Waals surface area contributed by atoms with Crippen molar-refractivity contribution < 1.29 is 14.3 Å². The lowest BCUT2D eigenvalue weighted by molar-refractivity contribution is -0.117. The molecule has 1 atom stereocenters. The first-order valence-corrected chi connectivity index (χ1v) is 11.6. The van der Waals surface area contributed by atoms with Crippen molar-refractivity contribution in [2.75, 3.05) is 52.6 Å². The van der Waals surface area contributed by atoms with Crippen molar-refractivity contribution in [2.45, 2.75) is 25.7 Å². The van der Waals surface area contributed by atoms with E-state index in [4.69, 9.17) is 19.9 Å². The van der Waals surface area contributed by atoms with Crippen molar-refractivity contribution in [1.82, 2.24) is 19.6 Å². The second-order valence-electron chi connectivity index (χ2n) is 8.22. The number of morpholine rings is 1. The lowest BCUT2D eigenvalue weighted by Crippen LogP contribution is -2.42. The molecule has 1 aliphatic heterocycles. The van der Waals surface area contributed by atoms with Crippen molar-refractivity contribution in [3.8, 4) is 0 Å². The van der Waals surface area contributed by atoms with Crippen molar-refractivity contribution in [1.29, 1.82) is 5.41 Å². The predicted octanol–water partition coefficient (Wildman–Crippen LogP) is 1.46. The van der Waals surface area contributed by atoms with Gasteiger partial charge in [-0.3, -0.25) is 18.9 Å². The maximum absolute atomic E-state index is 13.2. The minimum Gasteiger partial charge on any atom is -0.382 e. The Kier molecular flexibility index (Phi) is 7.64. The third-order valence-electron chi connectivity index (χ3n) is 6.10. The van der Waals surface area contributed by atoms with Crippen LogP contribution in [0.3, 0.4) is 0 Å². The van der Waals surface area contributed by atoms with E-state index >= 15 is 0 Å². The topological polar surface area (TPSA) is 109 Å². The summed E-state index contributed by atoms with van der Waals surface area (Å²) in [7, 11) is 0. The molecular weight excluding hydrogens is 422 g/mol. The molecule has 0 bridgehead atoms. The third kappa shape index (κ3) is 5.21. The summed E-state index contributed by atoms with van der Waals surface area (Å²) in [4.78, 5) is 33.2. The van der Waals surface area contributed by atoms with Crippen molar-refractivity contribution in [2.24, 2.45) is 0 Å². The summed E-state index contributed by atoms with van der Waals surface area (Å²) in [5.41, 5.74) is 1.70. The molecule has 0 saturated carbocycles. The van der Waals surface area contributed by atoms with Gasteiger partial charge in [0.15, 0.2) is 0 Å². The van der Waals surface area contributed by atoms with Gasteiger partial charge in [-0.2, -0.15) is 0 Å². The average Bonchev–Trinajstić information content (AvgIpc) is 2.83. The Balaban J connectivity index is 1.59. The molecule has 1 fully saturated rings. The zero-order valence-electron chi connectivity index (χ0n) is 19.0. The molecule has 2 N–H and O–H groups in total. The Labute approximate surface area is 192 Å². The van der Waals surface area contributed by atoms with Crippen LogP contribution in [0.1, 0.15) is 36.9 Å². The Morgan fingerprint density at radius 2 is 2.15 bits per heavy atom. The van der Waals surface area contributed by atoms with Crippen LogP contribution in [-0.4, -0.2) is 78.5 Å². The highest BCUT2D eigenvalue weighted by Crippen LogP contribution is 2.32. The van der Waals surface area contributed by atoms with E-state index in [9.17, 15) is 9.59 Å². The highest BCUT2D eigenvalue weighted by molar-refractivity contribution is 6.26. The molecule has 1 unspecified atom stereocenters. The third-order valence-corrected chi connectivity index (χ3v) is 6.10. The second kappa shape index (κ2) is 10.8. The fraction of sp³-hybridized carbons (Fsp3) is 0.500. The van der Waals surface area contributed by atoms with E-state index in [1.165, 1.54) is 10.5 Å². The maximum Gasteiger partial charge on any atom is 0.265 e. The van der Waals surface area contributed by atoms with Gasteiger partial charge in [0.05, 0.1) is 35.8 Å². The summed E-state index contributed by atoms with van der Waals surface area (Å²) in [5.74, 6) is -0.755. The summed E-state index contributed by atoms with van der Waals surface area (Å²) in [5, 5.41) is 11.7. The number of hydrogen-bond donors (Lipinski definition) is 2. The average molecular weight is 454 g/mol. The number of nitrogens with one attached hydrogen (secondary N) is 2. The standard InChI is InChI=1S/C24H31N5O4/c1-2-32-13-5-6-17-21(25)18(23(30)26-8-10-28-11-14-33-15-12-28)16-19-22(17)27-20-7-3-4-9-29(20)24(19)31/h3-4,7,9,16-17,25H,2,5-6,8,10-15H2,1H3,(H,26,30). The van der Waals surface area contributed by atoms with Crippen LogP contribution in [0.15, 0.2) is 34.8 Å². The van der Waals surface area contributed by atoms with E-state index in [0.29, 0.717) is 62.7 Å². The number of ether oxygens (including phenoxy) is 2. The van der Waals surface area contributed by atoms with E-state index in [-0.39, 0.29) is 22.8 Å². The molecule has 9 heteroatoms. The molecule has 1 aliphatic carbocycles. The van der Waals surface area contributed by atoms with Crippen LogP contribution >= 0.6 is 0 Å². The number of nitrogens with zero attached hydrogens (tertiary/aromatic N) is 3. The predicted molar refractivity (Wildman–Crippen MR) is 126 cm³/mol. The van der Waals surface area contributed by atoms with Gasteiger partial charge in [-0.1, -0.05) is 6.07 Å². The van der Waals surface area contributed by atoms with E-state index in [2.05, 4.69) is 10.2 Å². The molecule has 2 aromatic rings. The minimum atomic E-state index is -0.427. The first-order chi connectivity index (χ1) is 16.1. The molecule has 2 aromatic heterocycles. The highest BCUT2D eigenvalue weighted by atomic mass is 16.5. The molecule has 0 aromatic carbocycles. The summed E-state index contributed by atoms with van der Waals surface area (Å²) >= 11 is 0. The van der Waals surface area contributed by atoms with Crippen molar-refractivity contribution in [3.05, 3.63) is 51.6 Å². The molecule has 9 nitrogen and oxygen atoms in total. The van der Waals surface area contributed by atoms with Gasteiger partial charge in [0, 0.05) is 51.5 Å². The monoisotopic (exact) mass is 453 g/mol. The quantitative estimate of drug-likeness (QED) is 0.557. The highest BCUT2D eigenvalue weighted by Gasteiger charge is 2.33. The largest absolute Gasteiger partial charge is 0.382 e. The number of carbonyl (C=O) groups excluding carboxylic acids is 1. The van der Waals surface area contributed by atoms with Gasteiger partial charge in [0.2, 0.25) is 0 Å². The number of amides is 1. The molecule has 0 radical (unpaired) electrons. The zero-order chi connectivity index (χ0) is 23.2. The zero-order valence-corrected chi connectivity index (χ0v) is 19.0. The molecule has 33 heavy (non-hydrogen) atoms. The van der Waals surface area contributed by atoms with Gasteiger partial charge in [-0.05, 0) is 38.0 Å². The van der Waals surface area contributed by atoms with Crippen LogP contribution in [0.25, 0.3) is 11.7 Å². The Morgan fingerprint density at radius 3 is 2.94 bits per heavy atom. The fourth-order valence-electron chi connectivity index (χ4n) is 4.32. The van der Waals surface area contributed by atoms with Gasteiger partial charge in [0.1, 0.15) is 5.65 Å². The van der Waals surface area contributed by atoms with E-state index in [1.54, 1.807) is 18.3 Å². The van der Waals surface area contributed by atoms with Crippen LogP contribution in [0.4, 0.5) is 0 Å². The number of fused-ring (bicyclic) bond motifs is 2. The number of carbonyl (C=O) groups is 1. The van der Waals surface area contributed by atoms with Crippen LogP contribution in [0, 0.1) is 5.41 Å². The molecule has 2 aliphatic rings. The molecule has 4 rings (SSSR count). The molecule has 1 amide bonds. The van der Waals surface area contributed by atoms with Crippen LogP contribution < -0.4 is 10.9 Å². The van der Waals surface area contributed by atoms with Gasteiger partial charge >= 0.3 is 0 Å². The number of pyridine rings is 1. The van der Waals surface area contributed by atoms with Gasteiger partial charge < -0.3 is 20.2 Å². The van der Waals surface area contributed by atoms with Crippen LogP contribution in [0.5, 0.6) is 0 Å². The summed E-state index contributed by atoms with van der Waals surface area (Å²) in [6, 6.07) is 5.38. The van der Waals surface area contributed by atoms with Gasteiger partial charge in [-0.25, -0.2) is 4.98 Å². The van der Waals surface area contributed by atoms with Gasteiger partial charge in [-0.15, -0.1) is 0 Å². The lowest BCUT2D eigenvalue weighted by Gasteiger charge is -2.27. The van der Waals surface area contributed by atoms with Crippen molar-refractivity contribution >= 4 is 23.3 Å². The molecule has 1 saturated heterocycles. The van der Waals surface area contributed by atoms with E-state index in [1.807, 2.05) is 13.0 Å². The second-order valence-corrected chi connectivity index (χ2v) is 8.22.